The lowest BCUT2D eigenvalue weighted by Crippen LogP contribution is -2.32. The highest BCUT2D eigenvalue weighted by Gasteiger charge is 2.18. The van der Waals surface area contributed by atoms with Crippen LogP contribution in [-0.4, -0.2) is 10.9 Å². The molecule has 0 saturated carbocycles. The molecule has 86 valence electrons. The minimum atomic E-state index is -0.404. The number of thiocarbonyl (C=S) groups is 1. The van der Waals surface area contributed by atoms with E-state index in [-0.39, 0.29) is 10.9 Å². The molecule has 0 saturated heterocycles. The molecule has 3 N–H and O–H groups in total. The second-order valence-electron chi connectivity index (χ2n) is 3.36. The smallest absolute Gasteiger partial charge is 0.234 e. The van der Waals surface area contributed by atoms with Crippen LogP contribution in [0.15, 0.2) is 28.7 Å². The Kier molecular flexibility index (Phi) is 4.89. The Morgan fingerprint density at radius 2 is 2.06 bits per heavy atom. The Bertz CT molecular complexity index is 391. The van der Waals surface area contributed by atoms with Crippen molar-refractivity contribution in [3.8, 4) is 0 Å². The van der Waals surface area contributed by atoms with Crippen molar-refractivity contribution in [3.05, 3.63) is 28.7 Å². The molecule has 1 rings (SSSR count). The number of carbonyl (C=O) groups is 1. The molecule has 1 aromatic carbocycles. The Hall–Kier alpha value is -0.940. The van der Waals surface area contributed by atoms with Gasteiger partial charge in [-0.25, -0.2) is 0 Å². The summed E-state index contributed by atoms with van der Waals surface area (Å²) in [5.41, 5.74) is 6.23. The monoisotopic (exact) mass is 300 g/mol. The number of hydrogen-bond acceptors (Lipinski definition) is 2. The van der Waals surface area contributed by atoms with E-state index in [0.29, 0.717) is 6.42 Å². The topological polar surface area (TPSA) is 55.1 Å². The van der Waals surface area contributed by atoms with E-state index in [1.807, 2.05) is 31.2 Å². The Balaban J connectivity index is 2.70. The van der Waals surface area contributed by atoms with Crippen molar-refractivity contribution in [2.24, 2.45) is 11.7 Å². The number of benzene rings is 1. The summed E-state index contributed by atoms with van der Waals surface area (Å²) >= 11 is 8.16. The normalized spacial score (nSPS) is 11.9. The van der Waals surface area contributed by atoms with Gasteiger partial charge in [0.05, 0.1) is 10.9 Å². The van der Waals surface area contributed by atoms with Gasteiger partial charge in [0, 0.05) is 10.2 Å². The predicted molar refractivity (Wildman–Crippen MR) is 73.3 cm³/mol. The van der Waals surface area contributed by atoms with Crippen LogP contribution < -0.4 is 11.1 Å². The maximum atomic E-state index is 11.8. The van der Waals surface area contributed by atoms with E-state index in [9.17, 15) is 4.79 Å². The van der Waals surface area contributed by atoms with Crippen molar-refractivity contribution in [1.29, 1.82) is 0 Å². The molecule has 5 heteroatoms. The van der Waals surface area contributed by atoms with Crippen LogP contribution in [0, 0.1) is 5.92 Å². The SMILES string of the molecule is CCC(C(=O)Nc1ccc(Br)cc1)C(N)=S. The number of halogens is 1. The zero-order valence-corrected chi connectivity index (χ0v) is 11.3. The van der Waals surface area contributed by atoms with Crippen LogP contribution in [0.25, 0.3) is 0 Å². The van der Waals surface area contributed by atoms with Gasteiger partial charge in [0.25, 0.3) is 0 Å². The molecule has 0 aliphatic heterocycles. The molecule has 0 spiro atoms. The lowest BCUT2D eigenvalue weighted by molar-refractivity contribution is -0.118. The summed E-state index contributed by atoms with van der Waals surface area (Å²) in [4.78, 5) is 12.0. The van der Waals surface area contributed by atoms with Crippen molar-refractivity contribution < 1.29 is 4.79 Å². The summed E-state index contributed by atoms with van der Waals surface area (Å²) in [5, 5.41) is 2.77. The third kappa shape index (κ3) is 3.57. The molecule has 0 fully saturated rings. The van der Waals surface area contributed by atoms with E-state index in [1.54, 1.807) is 0 Å². The van der Waals surface area contributed by atoms with Crippen molar-refractivity contribution in [2.75, 3.05) is 5.32 Å². The molecule has 1 aromatic rings. The van der Waals surface area contributed by atoms with Crippen LogP contribution >= 0.6 is 28.1 Å². The van der Waals surface area contributed by atoms with Gasteiger partial charge in [-0.15, -0.1) is 0 Å². The van der Waals surface area contributed by atoms with Gasteiger partial charge in [-0.3, -0.25) is 4.79 Å². The molecule has 0 heterocycles. The summed E-state index contributed by atoms with van der Waals surface area (Å²) in [6, 6.07) is 7.34. The number of nitrogens with two attached hydrogens (primary N) is 1. The first-order chi connectivity index (χ1) is 7.54. The van der Waals surface area contributed by atoms with Crippen molar-refractivity contribution in [3.63, 3.8) is 0 Å². The van der Waals surface area contributed by atoms with Crippen LogP contribution in [0.4, 0.5) is 5.69 Å². The molecule has 1 unspecified atom stereocenters. The standard InChI is InChI=1S/C11H13BrN2OS/c1-2-9(10(13)16)11(15)14-8-5-3-7(12)4-6-8/h3-6,9H,2H2,1H3,(H2,13,16)(H,14,15). The summed E-state index contributed by atoms with van der Waals surface area (Å²) < 4.78 is 0.965. The van der Waals surface area contributed by atoms with Crippen LogP contribution in [-0.2, 0) is 4.79 Å². The number of rotatable bonds is 4. The van der Waals surface area contributed by atoms with E-state index in [1.165, 1.54) is 0 Å². The highest BCUT2D eigenvalue weighted by Crippen LogP contribution is 2.15. The van der Waals surface area contributed by atoms with Gasteiger partial charge in [-0.1, -0.05) is 35.1 Å². The van der Waals surface area contributed by atoms with E-state index in [2.05, 4.69) is 21.2 Å². The Morgan fingerprint density at radius 3 is 2.50 bits per heavy atom. The molecule has 0 radical (unpaired) electrons. The van der Waals surface area contributed by atoms with Crippen LogP contribution in [0.3, 0.4) is 0 Å². The number of nitrogens with one attached hydrogen (secondary N) is 1. The molecular formula is C11H13BrN2OS. The fourth-order valence-corrected chi connectivity index (χ4v) is 1.82. The second-order valence-corrected chi connectivity index (χ2v) is 4.75. The summed E-state index contributed by atoms with van der Waals surface area (Å²) in [6.45, 7) is 1.88. The molecule has 0 bridgehead atoms. The predicted octanol–water partition coefficient (Wildman–Crippen LogP) is 2.70. The van der Waals surface area contributed by atoms with Gasteiger partial charge < -0.3 is 11.1 Å². The summed E-state index contributed by atoms with van der Waals surface area (Å²) in [7, 11) is 0. The van der Waals surface area contributed by atoms with Gasteiger partial charge >= 0.3 is 0 Å². The molecule has 1 amide bonds. The third-order valence-electron chi connectivity index (χ3n) is 2.18. The molecule has 1 atom stereocenters. The highest BCUT2D eigenvalue weighted by molar-refractivity contribution is 9.10. The van der Waals surface area contributed by atoms with Crippen LogP contribution in [0.2, 0.25) is 0 Å². The van der Waals surface area contributed by atoms with Gasteiger partial charge in [-0.2, -0.15) is 0 Å². The third-order valence-corrected chi connectivity index (χ3v) is 2.99. The largest absolute Gasteiger partial charge is 0.393 e. The highest BCUT2D eigenvalue weighted by atomic mass is 79.9. The van der Waals surface area contributed by atoms with E-state index < -0.39 is 5.92 Å². The average molecular weight is 301 g/mol. The van der Waals surface area contributed by atoms with Gasteiger partial charge in [-0.05, 0) is 30.7 Å². The fourth-order valence-electron chi connectivity index (χ4n) is 1.28. The maximum Gasteiger partial charge on any atom is 0.234 e. The zero-order valence-electron chi connectivity index (χ0n) is 8.87. The lowest BCUT2D eigenvalue weighted by atomic mass is 10.1. The molecule has 3 nitrogen and oxygen atoms in total. The Morgan fingerprint density at radius 1 is 1.50 bits per heavy atom. The minimum absolute atomic E-state index is 0.155. The first kappa shape index (κ1) is 13.1. The first-order valence-electron chi connectivity index (χ1n) is 4.90. The fraction of sp³-hybridized carbons (Fsp3) is 0.273. The van der Waals surface area contributed by atoms with E-state index in [0.717, 1.165) is 10.2 Å². The second kappa shape index (κ2) is 5.96. The summed E-state index contributed by atoms with van der Waals surface area (Å²) in [6.07, 6.45) is 0.609. The van der Waals surface area contributed by atoms with E-state index in [4.69, 9.17) is 18.0 Å². The van der Waals surface area contributed by atoms with Gasteiger partial charge in [0.1, 0.15) is 0 Å². The minimum Gasteiger partial charge on any atom is -0.393 e. The van der Waals surface area contributed by atoms with Crippen molar-refractivity contribution in [2.45, 2.75) is 13.3 Å². The van der Waals surface area contributed by atoms with Crippen LogP contribution in [0.5, 0.6) is 0 Å². The molecule has 16 heavy (non-hydrogen) atoms. The Labute approximate surface area is 109 Å². The van der Waals surface area contributed by atoms with Crippen molar-refractivity contribution in [1.82, 2.24) is 0 Å². The zero-order chi connectivity index (χ0) is 12.1. The van der Waals surface area contributed by atoms with Crippen molar-refractivity contribution >= 4 is 44.7 Å². The van der Waals surface area contributed by atoms with E-state index >= 15 is 0 Å². The van der Waals surface area contributed by atoms with Gasteiger partial charge in [0.15, 0.2) is 0 Å². The molecule has 0 aliphatic carbocycles. The van der Waals surface area contributed by atoms with Crippen LogP contribution in [0.1, 0.15) is 13.3 Å². The lowest BCUT2D eigenvalue weighted by Gasteiger charge is -2.13. The molecular weight excluding hydrogens is 288 g/mol. The van der Waals surface area contributed by atoms with Gasteiger partial charge in [0.2, 0.25) is 5.91 Å². The number of amides is 1. The quantitative estimate of drug-likeness (QED) is 0.841. The maximum absolute atomic E-state index is 11.8. The molecule has 0 aromatic heterocycles. The average Bonchev–Trinajstić information content (AvgIpc) is 2.22. The number of hydrogen-bond donors (Lipinski definition) is 2. The number of anilines is 1. The number of carbonyl (C=O) groups excluding carboxylic acids is 1. The molecule has 0 aliphatic rings. The summed E-state index contributed by atoms with van der Waals surface area (Å²) in [5.74, 6) is -0.559. The first-order valence-corrected chi connectivity index (χ1v) is 6.10.